The van der Waals surface area contributed by atoms with Gasteiger partial charge in [-0.2, -0.15) is 0 Å². The highest BCUT2D eigenvalue weighted by atomic mass is 27.1. The van der Waals surface area contributed by atoms with Gasteiger partial charge in [-0.25, -0.2) is 0 Å². The normalized spacial score (nSPS) is 12.1. The number of hydrogen-bond acceptors (Lipinski definition) is 3. The molecule has 0 saturated carbocycles. The minimum atomic E-state index is -1.70. The molecule has 0 aromatic heterocycles. The first-order valence-electron chi connectivity index (χ1n) is 8.56. The zero-order chi connectivity index (χ0) is 18.1. The molecular weight excluding hydrogens is 339 g/mol. The van der Waals surface area contributed by atoms with Crippen LogP contribution in [0, 0.1) is 0 Å². The third kappa shape index (κ3) is 2.55. The van der Waals surface area contributed by atoms with Gasteiger partial charge in [0.05, 0.1) is 0 Å². The van der Waals surface area contributed by atoms with Crippen LogP contribution in [0.1, 0.15) is 11.1 Å². The lowest BCUT2D eigenvalue weighted by atomic mass is 9.80. The maximum Gasteiger partial charge on any atom is 0.411 e. The van der Waals surface area contributed by atoms with Crippen molar-refractivity contribution in [2.45, 2.75) is 11.9 Å². The summed E-state index contributed by atoms with van der Waals surface area (Å²) in [5, 5.41) is 25.1. The smallest absolute Gasteiger partial charge is 0.411 e. The number of fused-ring (bicyclic) bond motifs is 2. The molecule has 0 spiro atoms. The first kappa shape index (κ1) is 17.2. The summed E-state index contributed by atoms with van der Waals surface area (Å²) in [6, 6.07) is 27.6. The van der Waals surface area contributed by atoms with E-state index in [4.69, 9.17) is 3.79 Å². The van der Waals surface area contributed by atoms with E-state index in [2.05, 4.69) is 0 Å². The second kappa shape index (κ2) is 6.85. The van der Waals surface area contributed by atoms with E-state index >= 15 is 0 Å². The van der Waals surface area contributed by atoms with E-state index in [0.29, 0.717) is 16.6 Å². The van der Waals surface area contributed by atoms with Crippen molar-refractivity contribution in [3.63, 3.8) is 0 Å². The van der Waals surface area contributed by atoms with Crippen LogP contribution in [0.3, 0.4) is 0 Å². The molecule has 0 saturated heterocycles. The van der Waals surface area contributed by atoms with Gasteiger partial charge in [0.2, 0.25) is 0 Å². The second-order valence-corrected chi connectivity index (χ2v) is 6.78. The molecule has 0 radical (unpaired) electrons. The summed E-state index contributed by atoms with van der Waals surface area (Å²) in [5.41, 5.74) is 0.183. The standard InChI is InChI=1S/C22H17O3.Al.2H/c23-21(24)22(25,19-13-5-9-15-7-1-3-11-17(15)19)20-14-6-10-16-8-2-4-12-18(16)20;;;/h1-14,21,23-24H;;;/q-1;+1;;. The maximum absolute atomic E-state index is 10.5. The molecule has 0 atom stereocenters. The van der Waals surface area contributed by atoms with E-state index < -0.39 is 11.9 Å². The van der Waals surface area contributed by atoms with Crippen molar-refractivity contribution in [3.8, 4) is 0 Å². The Morgan fingerprint density at radius 2 is 1.08 bits per heavy atom. The highest BCUT2D eigenvalue weighted by molar-refractivity contribution is 6.00. The molecule has 0 heterocycles. The van der Waals surface area contributed by atoms with Crippen LogP contribution in [-0.2, 0) is 9.39 Å². The van der Waals surface area contributed by atoms with Gasteiger partial charge in [0.15, 0.2) is 6.29 Å². The molecule has 0 bridgehead atoms. The summed E-state index contributed by atoms with van der Waals surface area (Å²) in [6.45, 7) is 0. The lowest BCUT2D eigenvalue weighted by molar-refractivity contribution is -0.153. The highest BCUT2D eigenvalue weighted by Gasteiger charge is 2.42. The molecule has 128 valence electrons. The van der Waals surface area contributed by atoms with Crippen LogP contribution in [0.15, 0.2) is 84.9 Å². The van der Waals surface area contributed by atoms with Crippen LogP contribution < -0.4 is 0 Å². The summed E-state index contributed by atoms with van der Waals surface area (Å²) in [4.78, 5) is 0. The van der Waals surface area contributed by atoms with Crippen molar-refractivity contribution in [1.29, 1.82) is 0 Å². The predicted octanol–water partition coefficient (Wildman–Crippen LogP) is 3.11. The van der Waals surface area contributed by atoms with Crippen molar-refractivity contribution in [2.24, 2.45) is 0 Å². The van der Waals surface area contributed by atoms with Gasteiger partial charge in [-0.1, -0.05) is 84.9 Å². The molecular formula is C22H19AlO3. The maximum atomic E-state index is 10.5. The third-order valence-corrected chi connectivity index (χ3v) is 5.71. The van der Waals surface area contributed by atoms with Gasteiger partial charge in [0.25, 0.3) is 0 Å². The number of rotatable bonds is 4. The first-order valence-corrected chi connectivity index (χ1v) is 9.38. The predicted molar refractivity (Wildman–Crippen MR) is 107 cm³/mol. The summed E-state index contributed by atoms with van der Waals surface area (Å²) in [6.07, 6.45) is -1.70. The Balaban J connectivity index is 2.12. The van der Waals surface area contributed by atoms with Gasteiger partial charge < -0.3 is 14.0 Å². The molecule has 0 unspecified atom stereocenters. The third-order valence-electron chi connectivity index (χ3n) is 5.07. The van der Waals surface area contributed by atoms with E-state index in [0.717, 1.165) is 32.7 Å². The number of benzene rings is 4. The fourth-order valence-electron chi connectivity index (χ4n) is 3.85. The zero-order valence-corrected chi connectivity index (χ0v) is 16.5. The van der Waals surface area contributed by atoms with Gasteiger partial charge in [-0.3, -0.25) is 0 Å². The van der Waals surface area contributed by atoms with E-state index in [-0.39, 0.29) is 0 Å². The van der Waals surface area contributed by atoms with Crippen molar-refractivity contribution >= 4 is 38.2 Å². The van der Waals surface area contributed by atoms with Crippen molar-refractivity contribution < 1.29 is 14.0 Å². The average Bonchev–Trinajstić information content (AvgIpc) is 2.69. The topological polar surface area (TPSA) is 49.7 Å². The lowest BCUT2D eigenvalue weighted by Crippen LogP contribution is -2.43. The van der Waals surface area contributed by atoms with Crippen LogP contribution in [0.2, 0.25) is 0 Å². The minimum absolute atomic E-state index is 0.345. The molecule has 0 aliphatic heterocycles. The molecule has 26 heavy (non-hydrogen) atoms. The molecule has 4 rings (SSSR count). The molecule has 4 aromatic rings. The van der Waals surface area contributed by atoms with Gasteiger partial charge in [0.1, 0.15) is 5.60 Å². The lowest BCUT2D eigenvalue weighted by Gasteiger charge is -2.38. The fourth-order valence-corrected chi connectivity index (χ4v) is 4.50. The van der Waals surface area contributed by atoms with E-state index in [1.54, 1.807) is 0 Å². The van der Waals surface area contributed by atoms with Gasteiger partial charge in [-0.15, -0.1) is 0 Å². The Morgan fingerprint density at radius 3 is 1.50 bits per heavy atom. The Labute approximate surface area is 160 Å². The van der Waals surface area contributed by atoms with Crippen LogP contribution in [-0.4, -0.2) is 33.1 Å². The largest absolute Gasteiger partial charge is 0.491 e. The van der Waals surface area contributed by atoms with Crippen molar-refractivity contribution in [3.05, 3.63) is 96.1 Å². The molecule has 4 heteroatoms. The van der Waals surface area contributed by atoms with E-state index in [1.807, 2.05) is 84.9 Å². The second-order valence-electron chi connectivity index (χ2n) is 6.37. The quantitative estimate of drug-likeness (QED) is 0.435. The Morgan fingerprint density at radius 1 is 0.654 bits per heavy atom. The molecule has 0 aliphatic rings. The highest BCUT2D eigenvalue weighted by Crippen LogP contribution is 2.42. The van der Waals surface area contributed by atoms with Crippen LogP contribution in [0.25, 0.3) is 21.5 Å². The fraction of sp³-hybridized carbons (Fsp3) is 0.0909. The number of aliphatic hydroxyl groups is 2. The van der Waals surface area contributed by atoms with Crippen molar-refractivity contribution in [1.82, 2.24) is 0 Å². The summed E-state index contributed by atoms with van der Waals surface area (Å²) >= 11 is 0.345. The van der Waals surface area contributed by atoms with Gasteiger partial charge >= 0.3 is 16.6 Å². The Hall–Kier alpha value is -2.19. The molecule has 4 aromatic carbocycles. The number of aliphatic hydroxyl groups excluding tert-OH is 1. The molecule has 0 aliphatic carbocycles. The SMILES string of the molecule is OC(O)C([O][AlH2])(c1cccc2ccccc12)c1cccc2ccccc12. The molecule has 2 N–H and O–H groups in total. The van der Waals surface area contributed by atoms with Crippen molar-refractivity contribution in [2.75, 3.05) is 0 Å². The average molecular weight is 358 g/mol. The monoisotopic (exact) mass is 358 g/mol. The van der Waals surface area contributed by atoms with Crippen LogP contribution in [0.4, 0.5) is 0 Å². The van der Waals surface area contributed by atoms with E-state index in [1.165, 1.54) is 0 Å². The van der Waals surface area contributed by atoms with Gasteiger partial charge in [0, 0.05) is 0 Å². The van der Waals surface area contributed by atoms with Crippen LogP contribution in [0.5, 0.6) is 0 Å². The minimum Gasteiger partial charge on any atom is -0.491 e. The molecule has 0 amide bonds. The summed E-state index contributed by atoms with van der Waals surface area (Å²) in [5.74, 6) is 0. The number of hydrogen-bond donors (Lipinski definition) is 2. The molecule has 0 fully saturated rings. The van der Waals surface area contributed by atoms with E-state index in [9.17, 15) is 10.2 Å². The first-order chi connectivity index (χ1) is 12.7. The van der Waals surface area contributed by atoms with Gasteiger partial charge in [-0.05, 0) is 32.7 Å². The Kier molecular flexibility index (Phi) is 4.54. The summed E-state index contributed by atoms with van der Waals surface area (Å²) < 4.78 is 6.03. The summed E-state index contributed by atoms with van der Waals surface area (Å²) in [7, 11) is 0. The Bertz CT molecular complexity index is 985. The molecule has 3 nitrogen and oxygen atoms in total. The zero-order valence-electron chi connectivity index (χ0n) is 14.5. The van der Waals surface area contributed by atoms with Crippen LogP contribution >= 0.6 is 0 Å².